The number of aryl methyl sites for hydroxylation is 1. The number of carbonyl (C=O) groups is 4. The van der Waals surface area contributed by atoms with Crippen molar-refractivity contribution >= 4 is 29.6 Å². The molecule has 2 fully saturated rings. The van der Waals surface area contributed by atoms with Crippen molar-refractivity contribution in [2.45, 2.75) is 75.5 Å². The highest BCUT2D eigenvalue weighted by Crippen LogP contribution is 2.33. The van der Waals surface area contributed by atoms with E-state index in [1.807, 2.05) is 60.7 Å². The normalized spacial score (nSPS) is 20.2. The fourth-order valence-corrected chi connectivity index (χ4v) is 5.71. The van der Waals surface area contributed by atoms with Crippen LogP contribution in [0.3, 0.4) is 0 Å². The zero-order chi connectivity index (χ0) is 29.9. The fourth-order valence-electron chi connectivity index (χ4n) is 5.71. The van der Waals surface area contributed by atoms with E-state index in [1.165, 1.54) is 5.56 Å². The Labute approximate surface area is 246 Å². The number of carbonyl (C=O) groups excluding carboxylic acids is 4. The second-order valence-corrected chi connectivity index (χ2v) is 10.9. The van der Waals surface area contributed by atoms with Crippen LogP contribution in [0.5, 0.6) is 0 Å². The van der Waals surface area contributed by atoms with Gasteiger partial charge >= 0.3 is 0 Å². The standard InChI is InChI=1S/C31H41N7O4/c32-31(33)35-19-17-24(28(40)34-18-7-12-21-8-3-1-4-9-21)37-29(41)26-16-14-23-13-15-25(30(42)38(23)26)36-27(39)20-22-10-5-2-6-11-22/h1-6,8-11,23-26H,7,12-20H2,(H,34,40)(H,36,39)(H,37,41)(H4,32,33,35)/t23-,24-,25?,26-/m0/s1. The van der Waals surface area contributed by atoms with Crippen LogP contribution in [0.25, 0.3) is 0 Å². The van der Waals surface area contributed by atoms with Gasteiger partial charge in [0.05, 0.1) is 6.42 Å². The molecule has 2 aromatic rings. The fraction of sp³-hybridized carbons (Fsp3) is 0.452. The van der Waals surface area contributed by atoms with Gasteiger partial charge in [-0.2, -0.15) is 0 Å². The number of fused-ring (bicyclic) bond motifs is 1. The van der Waals surface area contributed by atoms with E-state index in [9.17, 15) is 19.2 Å². The summed E-state index contributed by atoms with van der Waals surface area (Å²) in [5.74, 6) is -1.31. The summed E-state index contributed by atoms with van der Waals surface area (Å²) in [4.78, 5) is 58.3. The maximum atomic E-state index is 13.5. The van der Waals surface area contributed by atoms with Gasteiger partial charge in [0.2, 0.25) is 23.6 Å². The van der Waals surface area contributed by atoms with Crippen molar-refractivity contribution in [3.63, 3.8) is 0 Å². The molecule has 0 bridgehead atoms. The third-order valence-electron chi connectivity index (χ3n) is 7.82. The molecule has 2 aliphatic rings. The molecule has 0 aromatic heterocycles. The first-order valence-electron chi connectivity index (χ1n) is 14.6. The highest BCUT2D eigenvalue weighted by Gasteiger charge is 2.46. The number of nitrogens with zero attached hydrogens (tertiary/aromatic N) is 2. The van der Waals surface area contributed by atoms with Gasteiger partial charge in [-0.15, -0.1) is 0 Å². The van der Waals surface area contributed by atoms with Crippen molar-refractivity contribution in [2.24, 2.45) is 16.5 Å². The summed E-state index contributed by atoms with van der Waals surface area (Å²) in [5.41, 5.74) is 12.9. The Morgan fingerprint density at radius 3 is 2.29 bits per heavy atom. The van der Waals surface area contributed by atoms with Crippen LogP contribution in [0.4, 0.5) is 0 Å². The summed E-state index contributed by atoms with van der Waals surface area (Å²) >= 11 is 0. The van der Waals surface area contributed by atoms with Gasteiger partial charge < -0.3 is 32.3 Å². The second kappa shape index (κ2) is 15.0. The van der Waals surface area contributed by atoms with Gasteiger partial charge in [0.25, 0.3) is 0 Å². The maximum Gasteiger partial charge on any atom is 0.246 e. The summed E-state index contributed by atoms with van der Waals surface area (Å²) in [7, 11) is 0. The lowest BCUT2D eigenvalue weighted by Crippen LogP contribution is -2.60. The Bertz CT molecular complexity index is 1250. The molecule has 0 saturated carbocycles. The number of hydrogen-bond acceptors (Lipinski definition) is 5. The molecule has 2 saturated heterocycles. The van der Waals surface area contributed by atoms with Gasteiger partial charge in [0.1, 0.15) is 18.1 Å². The lowest BCUT2D eigenvalue weighted by Gasteiger charge is -2.38. The highest BCUT2D eigenvalue weighted by atomic mass is 16.2. The summed E-state index contributed by atoms with van der Waals surface area (Å²) < 4.78 is 0. The van der Waals surface area contributed by atoms with Crippen molar-refractivity contribution in [2.75, 3.05) is 13.1 Å². The van der Waals surface area contributed by atoms with E-state index in [4.69, 9.17) is 11.5 Å². The first-order chi connectivity index (χ1) is 20.3. The van der Waals surface area contributed by atoms with E-state index in [0.29, 0.717) is 32.2 Å². The number of aliphatic imine (C=N–C) groups is 1. The van der Waals surface area contributed by atoms with E-state index in [-0.39, 0.29) is 49.1 Å². The minimum absolute atomic E-state index is 0.0672. The lowest BCUT2D eigenvalue weighted by atomic mass is 9.97. The Balaban J connectivity index is 1.34. The minimum atomic E-state index is -0.863. The third kappa shape index (κ3) is 8.55. The van der Waals surface area contributed by atoms with Crippen LogP contribution in [0.2, 0.25) is 0 Å². The quantitative estimate of drug-likeness (QED) is 0.134. The molecule has 2 heterocycles. The molecule has 42 heavy (non-hydrogen) atoms. The summed E-state index contributed by atoms with van der Waals surface area (Å²) in [6.45, 7) is 0.610. The van der Waals surface area contributed by atoms with Gasteiger partial charge in [0.15, 0.2) is 5.96 Å². The Morgan fingerprint density at radius 2 is 1.60 bits per heavy atom. The van der Waals surface area contributed by atoms with E-state index in [1.54, 1.807) is 4.90 Å². The molecule has 4 atom stereocenters. The second-order valence-electron chi connectivity index (χ2n) is 10.9. The topological polar surface area (TPSA) is 172 Å². The monoisotopic (exact) mass is 575 g/mol. The van der Waals surface area contributed by atoms with Crippen LogP contribution >= 0.6 is 0 Å². The average Bonchev–Trinajstić information content (AvgIpc) is 3.42. The van der Waals surface area contributed by atoms with Crippen LogP contribution in [0, 0.1) is 0 Å². The predicted octanol–water partition coefficient (Wildman–Crippen LogP) is 0.765. The number of benzene rings is 2. The van der Waals surface area contributed by atoms with Crippen molar-refractivity contribution in [3.8, 4) is 0 Å². The molecule has 2 aliphatic heterocycles. The van der Waals surface area contributed by atoms with E-state index >= 15 is 0 Å². The number of amides is 4. The van der Waals surface area contributed by atoms with E-state index in [0.717, 1.165) is 18.4 Å². The van der Waals surface area contributed by atoms with Crippen LogP contribution in [-0.4, -0.2) is 71.7 Å². The zero-order valence-electron chi connectivity index (χ0n) is 23.8. The van der Waals surface area contributed by atoms with Gasteiger partial charge in [-0.25, -0.2) is 0 Å². The number of guanidine groups is 1. The van der Waals surface area contributed by atoms with Crippen LogP contribution in [-0.2, 0) is 32.0 Å². The van der Waals surface area contributed by atoms with E-state index < -0.39 is 24.0 Å². The molecule has 224 valence electrons. The molecule has 11 nitrogen and oxygen atoms in total. The van der Waals surface area contributed by atoms with Crippen molar-refractivity contribution in [3.05, 3.63) is 71.8 Å². The van der Waals surface area contributed by atoms with Crippen LogP contribution in [0.15, 0.2) is 65.7 Å². The van der Waals surface area contributed by atoms with Gasteiger partial charge in [-0.1, -0.05) is 60.7 Å². The molecule has 4 rings (SSSR count). The SMILES string of the molecule is NC(N)=NCC[C@H](NC(=O)[C@@H]1CC[C@@H]2CCC(NC(=O)Cc3ccccc3)C(=O)N21)C(=O)NCCCc1ccccc1. The molecular formula is C31H41N7O4. The molecule has 11 heteroatoms. The molecule has 1 unspecified atom stereocenters. The first kappa shape index (κ1) is 30.5. The van der Waals surface area contributed by atoms with Gasteiger partial charge in [-0.3, -0.25) is 24.2 Å². The van der Waals surface area contributed by atoms with E-state index in [2.05, 4.69) is 20.9 Å². The highest BCUT2D eigenvalue weighted by molar-refractivity contribution is 5.95. The third-order valence-corrected chi connectivity index (χ3v) is 7.82. The molecular weight excluding hydrogens is 534 g/mol. The Hall–Kier alpha value is -4.41. The Kier molecular flexibility index (Phi) is 10.9. The number of nitrogens with one attached hydrogen (secondary N) is 3. The number of nitrogens with two attached hydrogens (primary N) is 2. The number of hydrogen-bond donors (Lipinski definition) is 5. The molecule has 0 spiro atoms. The average molecular weight is 576 g/mol. The zero-order valence-corrected chi connectivity index (χ0v) is 23.8. The lowest BCUT2D eigenvalue weighted by molar-refractivity contribution is -0.146. The molecule has 0 aliphatic carbocycles. The first-order valence-corrected chi connectivity index (χ1v) is 14.6. The summed E-state index contributed by atoms with van der Waals surface area (Å²) in [6.07, 6.45) is 4.35. The maximum absolute atomic E-state index is 13.5. The summed E-state index contributed by atoms with van der Waals surface area (Å²) in [6, 6.07) is 17.0. The van der Waals surface area contributed by atoms with Crippen molar-refractivity contribution in [1.29, 1.82) is 0 Å². The summed E-state index contributed by atoms with van der Waals surface area (Å²) in [5, 5.41) is 8.62. The van der Waals surface area contributed by atoms with Gasteiger partial charge in [-0.05, 0) is 56.1 Å². The van der Waals surface area contributed by atoms with Crippen LogP contribution < -0.4 is 27.4 Å². The molecule has 2 aromatic carbocycles. The van der Waals surface area contributed by atoms with Crippen molar-refractivity contribution < 1.29 is 19.2 Å². The Morgan fingerprint density at radius 1 is 0.929 bits per heavy atom. The largest absolute Gasteiger partial charge is 0.370 e. The minimum Gasteiger partial charge on any atom is -0.370 e. The van der Waals surface area contributed by atoms with Gasteiger partial charge in [0, 0.05) is 19.1 Å². The molecule has 0 radical (unpaired) electrons. The van der Waals surface area contributed by atoms with Crippen molar-refractivity contribution in [1.82, 2.24) is 20.9 Å². The number of rotatable bonds is 13. The predicted molar refractivity (Wildman–Crippen MR) is 160 cm³/mol. The van der Waals surface area contributed by atoms with Crippen LogP contribution in [0.1, 0.15) is 49.7 Å². The number of piperidine rings is 1. The molecule has 4 amide bonds. The smallest absolute Gasteiger partial charge is 0.246 e. The molecule has 7 N–H and O–H groups in total.